The van der Waals surface area contributed by atoms with Gasteiger partial charge in [0.05, 0.1) is 57.3 Å². The van der Waals surface area contributed by atoms with E-state index in [1.807, 2.05) is 51.1 Å². The molecule has 5 atom stereocenters. The number of nitrogens with zero attached hydrogens (tertiary/aromatic N) is 6. The number of amides is 5. The molecule has 80 heavy (non-hydrogen) atoms. The summed E-state index contributed by atoms with van der Waals surface area (Å²) < 4.78 is 39.7. The number of nitriles is 1. The van der Waals surface area contributed by atoms with Gasteiger partial charge in [-0.05, 0) is 104 Å². The number of fused-ring (bicyclic) bond motifs is 7. The van der Waals surface area contributed by atoms with Crippen molar-refractivity contribution in [2.75, 3.05) is 59.4 Å². The summed E-state index contributed by atoms with van der Waals surface area (Å²) in [4.78, 5) is 76.5. The number of likely N-dealkylation sites (N-methyl/N-ethyl adjacent to an activating group) is 1. The fourth-order valence-electron chi connectivity index (χ4n) is 10.3. The number of aromatic nitrogens is 3. The van der Waals surface area contributed by atoms with Gasteiger partial charge in [-0.15, -0.1) is 0 Å². The molecule has 2 aromatic heterocycles. The van der Waals surface area contributed by atoms with E-state index in [0.717, 1.165) is 36.0 Å². The second-order valence-electron chi connectivity index (χ2n) is 21.5. The Bertz CT molecular complexity index is 3130. The van der Waals surface area contributed by atoms with Crippen molar-refractivity contribution < 1.29 is 47.3 Å². The van der Waals surface area contributed by atoms with E-state index in [-0.39, 0.29) is 125 Å². The summed E-state index contributed by atoms with van der Waals surface area (Å²) in [5, 5.41) is 26.8. The van der Waals surface area contributed by atoms with E-state index in [1.165, 1.54) is 34.9 Å². The Labute approximate surface area is 465 Å². The average molecular weight is 1100 g/mol. The Hall–Kier alpha value is -7.93. The van der Waals surface area contributed by atoms with E-state index in [1.54, 1.807) is 43.6 Å². The molecule has 1 unspecified atom stereocenters. The molecule has 1 aliphatic carbocycles. The van der Waals surface area contributed by atoms with Gasteiger partial charge in [0.25, 0.3) is 5.91 Å². The minimum absolute atomic E-state index is 0.0141. The second kappa shape index (κ2) is 25.9. The highest BCUT2D eigenvalue weighted by Gasteiger charge is 2.43. The lowest BCUT2D eigenvalue weighted by atomic mass is 9.83. The van der Waals surface area contributed by atoms with E-state index < -0.39 is 41.4 Å². The van der Waals surface area contributed by atoms with Gasteiger partial charge >= 0.3 is 0 Å². The Morgan fingerprint density at radius 2 is 1.73 bits per heavy atom. The first-order valence-corrected chi connectivity index (χ1v) is 27.1. The first kappa shape index (κ1) is 58.2. The van der Waals surface area contributed by atoms with Crippen LogP contribution in [0.15, 0.2) is 72.9 Å². The number of anilines is 1. The molecular formula is C59H72FN11O9. The Morgan fingerprint density at radius 3 is 2.49 bits per heavy atom. The molecular weight excluding hydrogens is 1030 g/mol. The van der Waals surface area contributed by atoms with Crippen molar-refractivity contribution in [1.29, 1.82) is 5.26 Å². The number of nitrogens with two attached hydrogens (primary N) is 1. The zero-order valence-corrected chi connectivity index (χ0v) is 46.5. The number of carbonyl (C=O) groups is 5. The first-order chi connectivity index (χ1) is 38.3. The number of hydrogen-bond acceptors (Lipinski definition) is 14. The summed E-state index contributed by atoms with van der Waals surface area (Å²) in [7, 11) is 3.28. The number of nitrogens with one attached hydrogen (secondary N) is 4. The SMILES string of the molecule is CN[C@H](C)C(=O)N[C@@H](C(=O)N1Cc2cc(OCCOCCOCCC(=O)NCCn3nc(C#N)c4c3CN(C)C(=O)c3ccc(F)cc3[C@@H](C)Oc3cc-4cnc3N)ccc2C[C@@H]1C(=O)NC1CCCc2ccccc21)C(C)(C)C. The van der Waals surface area contributed by atoms with Gasteiger partial charge in [-0.25, -0.2) is 9.37 Å². The van der Waals surface area contributed by atoms with Crippen LogP contribution in [0.2, 0.25) is 0 Å². The topological polar surface area (TPSA) is 257 Å². The minimum Gasteiger partial charge on any atom is -0.491 e. The number of rotatable bonds is 19. The predicted molar refractivity (Wildman–Crippen MR) is 295 cm³/mol. The lowest BCUT2D eigenvalue weighted by molar-refractivity contribution is -0.147. The summed E-state index contributed by atoms with van der Waals surface area (Å²) in [6.07, 6.45) is 3.76. The zero-order chi connectivity index (χ0) is 57.3. The van der Waals surface area contributed by atoms with Crippen LogP contribution in [0.1, 0.15) is 116 Å². The quantitative estimate of drug-likeness (QED) is 0.0644. The molecule has 2 aliphatic heterocycles. The smallest absolute Gasteiger partial charge is 0.254 e. The Balaban J connectivity index is 0.814. The summed E-state index contributed by atoms with van der Waals surface area (Å²) in [5.41, 5.74) is 11.6. The van der Waals surface area contributed by atoms with Gasteiger partial charge < -0.3 is 55.7 Å². The minimum atomic E-state index is -0.910. The van der Waals surface area contributed by atoms with Crippen molar-refractivity contribution in [1.82, 2.24) is 45.8 Å². The van der Waals surface area contributed by atoms with Gasteiger partial charge in [0.1, 0.15) is 42.4 Å². The van der Waals surface area contributed by atoms with Crippen molar-refractivity contribution in [3.63, 3.8) is 0 Å². The maximum atomic E-state index is 14.7. The lowest BCUT2D eigenvalue weighted by Gasteiger charge is -2.41. The summed E-state index contributed by atoms with van der Waals surface area (Å²) in [5.74, 6) is -1.28. The molecule has 21 heteroatoms. The van der Waals surface area contributed by atoms with Crippen molar-refractivity contribution >= 4 is 35.4 Å². The molecule has 3 aromatic carbocycles. The second-order valence-corrected chi connectivity index (χ2v) is 21.5. The molecule has 4 heterocycles. The Kier molecular flexibility index (Phi) is 18.9. The number of pyridine rings is 1. The lowest BCUT2D eigenvalue weighted by Crippen LogP contribution is -2.62. The van der Waals surface area contributed by atoms with Crippen molar-refractivity contribution in [2.24, 2.45) is 5.41 Å². The third-order valence-electron chi connectivity index (χ3n) is 14.8. The maximum Gasteiger partial charge on any atom is 0.254 e. The van der Waals surface area contributed by atoms with Gasteiger partial charge in [-0.3, -0.25) is 28.7 Å². The predicted octanol–water partition coefficient (Wildman–Crippen LogP) is 5.47. The van der Waals surface area contributed by atoms with E-state index in [4.69, 9.17) is 24.7 Å². The molecule has 20 nitrogen and oxygen atoms in total. The van der Waals surface area contributed by atoms with Crippen LogP contribution in [0.25, 0.3) is 11.1 Å². The summed E-state index contributed by atoms with van der Waals surface area (Å²) in [6, 6.07) is 19.0. The van der Waals surface area contributed by atoms with Crippen molar-refractivity contribution in [3.05, 3.63) is 124 Å². The molecule has 424 valence electrons. The van der Waals surface area contributed by atoms with Crippen LogP contribution >= 0.6 is 0 Å². The highest BCUT2D eigenvalue weighted by atomic mass is 19.1. The monoisotopic (exact) mass is 1100 g/mol. The van der Waals surface area contributed by atoms with Crippen LogP contribution in [0.4, 0.5) is 10.2 Å². The molecule has 6 N–H and O–H groups in total. The number of carbonyl (C=O) groups excluding carboxylic acids is 5. The molecule has 8 rings (SSSR count). The molecule has 5 amide bonds. The van der Waals surface area contributed by atoms with E-state index >= 15 is 0 Å². The van der Waals surface area contributed by atoms with Crippen LogP contribution in [-0.4, -0.2) is 126 Å². The highest BCUT2D eigenvalue weighted by Crippen LogP contribution is 2.37. The van der Waals surface area contributed by atoms with E-state index in [9.17, 15) is 33.6 Å². The standard InChI is InChI=1S/C59H72FN11O9/c1-35(63-6)55(73)67-53(59(3,4)5)58(76)70-33-40-27-42(17-15-38(40)28-48(70)56(74)66-46-14-10-12-37-11-8-9-13-43(37)46)79-26-25-78-24-23-77-22-19-51(72)64-20-21-71-49-34-69(7)57(75)44-18-16-41(60)30-45(44)36(2)80-50-29-39(32-65-54(50)62)52(49)47(31-61)68-71/h8-9,11,13,15-18,27,29-30,32,35-36,46,48,53,63H,10,12,14,19-26,28,33-34H2,1-7H3,(H2,62,65)(H,64,72)(H,66,74)(H,67,73)/t35-,36-,46?,48-,53+/m1/s1. The molecule has 2 bridgehead atoms. The molecule has 0 fully saturated rings. The normalized spacial score (nSPS) is 17.6. The largest absolute Gasteiger partial charge is 0.491 e. The summed E-state index contributed by atoms with van der Waals surface area (Å²) in [6.45, 7) is 10.6. The maximum absolute atomic E-state index is 14.7. The summed E-state index contributed by atoms with van der Waals surface area (Å²) >= 11 is 0. The zero-order valence-electron chi connectivity index (χ0n) is 46.5. The molecule has 0 spiro atoms. The average Bonchev–Trinajstić information content (AvgIpc) is 3.81. The molecule has 5 aromatic rings. The first-order valence-electron chi connectivity index (χ1n) is 27.1. The highest BCUT2D eigenvalue weighted by molar-refractivity contribution is 5.96. The number of benzene rings is 3. The van der Waals surface area contributed by atoms with Crippen LogP contribution in [0, 0.1) is 22.6 Å². The van der Waals surface area contributed by atoms with Gasteiger partial charge in [-0.1, -0.05) is 51.1 Å². The number of nitrogen functional groups attached to an aromatic ring is 1. The number of halogens is 1. The van der Waals surface area contributed by atoms with Crippen LogP contribution in [-0.2, 0) is 61.1 Å². The van der Waals surface area contributed by atoms with Gasteiger partial charge in [0.15, 0.2) is 17.3 Å². The fourth-order valence-corrected chi connectivity index (χ4v) is 10.3. The third-order valence-corrected chi connectivity index (χ3v) is 14.8. The Morgan fingerprint density at radius 1 is 0.963 bits per heavy atom. The number of hydrogen-bond donors (Lipinski definition) is 5. The van der Waals surface area contributed by atoms with Crippen LogP contribution in [0.5, 0.6) is 11.5 Å². The molecule has 3 aliphatic rings. The van der Waals surface area contributed by atoms with Gasteiger partial charge in [-0.2, -0.15) is 10.4 Å². The van der Waals surface area contributed by atoms with Gasteiger partial charge in [0.2, 0.25) is 23.6 Å². The molecule has 0 saturated carbocycles. The molecule has 0 saturated heterocycles. The van der Waals surface area contributed by atoms with Crippen LogP contribution < -0.4 is 36.5 Å². The van der Waals surface area contributed by atoms with Crippen LogP contribution in [0.3, 0.4) is 0 Å². The van der Waals surface area contributed by atoms with E-state index in [2.05, 4.69) is 49.6 Å². The number of aryl methyl sites for hydroxylation is 1. The molecule has 0 radical (unpaired) electrons. The van der Waals surface area contributed by atoms with Crippen molar-refractivity contribution in [3.8, 4) is 28.7 Å². The third kappa shape index (κ3) is 13.7. The van der Waals surface area contributed by atoms with Crippen molar-refractivity contribution in [2.45, 2.75) is 117 Å². The fraction of sp³-hybridized carbons (Fsp3) is 0.458. The van der Waals surface area contributed by atoms with E-state index in [0.29, 0.717) is 28.1 Å². The van der Waals surface area contributed by atoms with Gasteiger partial charge in [0, 0.05) is 61.4 Å². The number of ether oxygens (including phenoxy) is 4.